The Bertz CT molecular complexity index is 833. The van der Waals surface area contributed by atoms with E-state index in [9.17, 15) is 4.57 Å². The maximum Gasteiger partial charge on any atom is 0.362 e. The van der Waals surface area contributed by atoms with Crippen LogP contribution in [0, 0.1) is 13.8 Å². The summed E-state index contributed by atoms with van der Waals surface area (Å²) in [6.07, 6.45) is 0.132. The van der Waals surface area contributed by atoms with Crippen molar-refractivity contribution in [3.8, 4) is 11.5 Å². The number of ether oxygens (including phenoxy) is 3. The van der Waals surface area contributed by atoms with Crippen LogP contribution in [0.5, 0.6) is 11.5 Å². The van der Waals surface area contributed by atoms with Gasteiger partial charge in [0.05, 0.1) is 0 Å². The van der Waals surface area contributed by atoms with Crippen LogP contribution in [0.3, 0.4) is 0 Å². The van der Waals surface area contributed by atoms with Gasteiger partial charge in [0.25, 0.3) is 0 Å². The number of hydrogen-bond donors (Lipinski definition) is 2. The third kappa shape index (κ3) is 6.35. The lowest BCUT2D eigenvalue weighted by molar-refractivity contribution is 0.0502. The van der Waals surface area contributed by atoms with Gasteiger partial charge in [-0.2, -0.15) is 0 Å². The van der Waals surface area contributed by atoms with Gasteiger partial charge in [0.15, 0.2) is 13.1 Å². The predicted molar refractivity (Wildman–Crippen MR) is 109 cm³/mol. The fourth-order valence-corrected chi connectivity index (χ4v) is 3.41. The zero-order valence-corrected chi connectivity index (χ0v) is 18.0. The van der Waals surface area contributed by atoms with Crippen molar-refractivity contribution in [3.05, 3.63) is 58.1 Å². The molecule has 2 aromatic rings. The van der Waals surface area contributed by atoms with Crippen LogP contribution in [0.4, 0.5) is 0 Å². The fraction of sp³-hybridized carbons (Fsp3) is 0.429. The summed E-state index contributed by atoms with van der Waals surface area (Å²) in [5.41, 5.74) is 5.51. The lowest BCUT2D eigenvalue weighted by Gasteiger charge is -2.17. The zero-order chi connectivity index (χ0) is 20.9. The van der Waals surface area contributed by atoms with Crippen LogP contribution in [-0.4, -0.2) is 30.0 Å². The maximum absolute atomic E-state index is 11.0. The minimum atomic E-state index is -4.20. The average Bonchev–Trinajstić information content (AvgIpc) is 2.61. The summed E-state index contributed by atoms with van der Waals surface area (Å²) in [6, 6.07) is 9.82. The molecule has 6 nitrogen and oxygen atoms in total. The van der Waals surface area contributed by atoms with Gasteiger partial charge >= 0.3 is 7.60 Å². The van der Waals surface area contributed by atoms with Crippen LogP contribution >= 0.6 is 7.60 Å². The molecule has 0 aliphatic heterocycles. The number of rotatable bonds is 9. The van der Waals surface area contributed by atoms with Gasteiger partial charge in [-0.25, -0.2) is 0 Å². The summed E-state index contributed by atoms with van der Waals surface area (Å²) >= 11 is 0. The van der Waals surface area contributed by atoms with Gasteiger partial charge in [-0.15, -0.1) is 0 Å². The summed E-state index contributed by atoms with van der Waals surface area (Å²) < 4.78 is 26.9. The van der Waals surface area contributed by atoms with E-state index >= 15 is 0 Å². The Morgan fingerprint density at radius 1 is 1.04 bits per heavy atom. The molecule has 0 spiro atoms. The van der Waals surface area contributed by atoms with Crippen molar-refractivity contribution in [2.24, 2.45) is 0 Å². The van der Waals surface area contributed by atoms with E-state index in [1.165, 1.54) is 11.1 Å². The van der Waals surface area contributed by atoms with Gasteiger partial charge in [-0.1, -0.05) is 26.0 Å². The third-order valence-electron chi connectivity index (χ3n) is 4.48. The normalized spacial score (nSPS) is 11.7. The fourth-order valence-electron chi connectivity index (χ4n) is 3.09. The lowest BCUT2D eigenvalue weighted by atomic mass is 9.93. The van der Waals surface area contributed by atoms with Gasteiger partial charge in [0, 0.05) is 7.11 Å². The molecule has 28 heavy (non-hydrogen) atoms. The van der Waals surface area contributed by atoms with E-state index < -0.39 is 13.9 Å². The second kappa shape index (κ2) is 9.57. The summed E-state index contributed by atoms with van der Waals surface area (Å²) in [7, 11) is -2.60. The first-order valence-corrected chi connectivity index (χ1v) is 10.9. The molecule has 0 amide bonds. The molecule has 0 saturated heterocycles. The molecule has 0 fully saturated rings. The quantitative estimate of drug-likeness (QED) is 0.469. The Morgan fingerprint density at radius 3 is 2.21 bits per heavy atom. The third-order valence-corrected chi connectivity index (χ3v) is 4.94. The highest BCUT2D eigenvalue weighted by molar-refractivity contribution is 7.51. The van der Waals surface area contributed by atoms with Crippen molar-refractivity contribution in [1.82, 2.24) is 0 Å². The molecule has 0 bridgehead atoms. The molecule has 0 unspecified atom stereocenters. The monoisotopic (exact) mass is 408 g/mol. The van der Waals surface area contributed by atoms with Gasteiger partial charge in [-0.05, 0) is 72.2 Å². The molecule has 0 saturated carbocycles. The standard InChI is InChI=1S/C21H29O6P/c1-14(2)19-10-17(6-7-21(19)26-12-25-5)11-20-15(3)8-18(9-16(20)4)27-13-28(22,23)24/h6-10,14H,11-13H2,1-5H3,(H2,22,23,24). The lowest BCUT2D eigenvalue weighted by Crippen LogP contribution is -2.04. The largest absolute Gasteiger partial charge is 0.481 e. The molecule has 2 aromatic carbocycles. The second-order valence-corrected chi connectivity index (χ2v) is 8.82. The predicted octanol–water partition coefficient (Wildman–Crippen LogP) is 4.51. The van der Waals surface area contributed by atoms with E-state index in [1.807, 2.05) is 38.1 Å². The van der Waals surface area contributed by atoms with E-state index in [2.05, 4.69) is 19.9 Å². The van der Waals surface area contributed by atoms with Gasteiger partial charge < -0.3 is 24.0 Å². The second-order valence-electron chi connectivity index (χ2n) is 7.23. The van der Waals surface area contributed by atoms with Gasteiger partial charge in [0.1, 0.15) is 11.5 Å². The van der Waals surface area contributed by atoms with Crippen LogP contribution < -0.4 is 9.47 Å². The molecule has 0 aliphatic carbocycles. The first-order chi connectivity index (χ1) is 13.1. The molecule has 154 valence electrons. The minimum absolute atomic E-state index is 0.216. The first kappa shape index (κ1) is 22.4. The topological polar surface area (TPSA) is 85.2 Å². The van der Waals surface area contributed by atoms with Gasteiger partial charge in [-0.3, -0.25) is 4.57 Å². The molecule has 2 rings (SSSR count). The van der Waals surface area contributed by atoms with Crippen molar-refractivity contribution in [2.75, 3.05) is 20.3 Å². The number of hydrogen-bond acceptors (Lipinski definition) is 4. The SMILES string of the molecule is COCOc1ccc(Cc2c(C)cc(OCP(=O)(O)O)cc2C)cc1C(C)C. The van der Waals surface area contributed by atoms with Crippen molar-refractivity contribution in [1.29, 1.82) is 0 Å². The van der Waals surface area contributed by atoms with Crippen molar-refractivity contribution < 1.29 is 28.6 Å². The highest BCUT2D eigenvalue weighted by Gasteiger charge is 2.16. The Balaban J connectivity index is 2.25. The van der Waals surface area contributed by atoms with Crippen LogP contribution in [-0.2, 0) is 15.7 Å². The van der Waals surface area contributed by atoms with Gasteiger partial charge in [0.2, 0.25) is 0 Å². The molecular weight excluding hydrogens is 379 g/mol. The summed E-state index contributed by atoms with van der Waals surface area (Å²) in [5.74, 6) is 1.61. The molecule has 0 aromatic heterocycles. The Labute approximate surface area is 166 Å². The van der Waals surface area contributed by atoms with Crippen molar-refractivity contribution in [3.63, 3.8) is 0 Å². The van der Waals surface area contributed by atoms with Crippen LogP contribution in [0.1, 0.15) is 47.6 Å². The number of aryl methyl sites for hydroxylation is 2. The number of benzene rings is 2. The average molecular weight is 408 g/mol. The van der Waals surface area contributed by atoms with E-state index in [0.29, 0.717) is 11.7 Å². The highest BCUT2D eigenvalue weighted by Crippen LogP contribution is 2.35. The number of methoxy groups -OCH3 is 1. The summed E-state index contributed by atoms with van der Waals surface area (Å²) in [4.78, 5) is 18.0. The highest BCUT2D eigenvalue weighted by atomic mass is 31.2. The molecule has 0 aliphatic rings. The Hall–Kier alpha value is -1.85. The molecule has 7 heteroatoms. The smallest absolute Gasteiger partial charge is 0.362 e. The molecule has 0 heterocycles. The molecule has 2 N–H and O–H groups in total. The van der Waals surface area contributed by atoms with E-state index in [4.69, 9.17) is 24.0 Å². The van der Waals surface area contributed by atoms with Crippen molar-refractivity contribution in [2.45, 2.75) is 40.0 Å². The van der Waals surface area contributed by atoms with E-state index in [1.54, 1.807) is 7.11 Å². The summed E-state index contributed by atoms with van der Waals surface area (Å²) in [6.45, 7) is 8.43. The zero-order valence-electron chi connectivity index (χ0n) is 17.1. The van der Waals surface area contributed by atoms with Crippen LogP contribution in [0.25, 0.3) is 0 Å². The Kier molecular flexibility index (Phi) is 7.67. The van der Waals surface area contributed by atoms with Crippen molar-refractivity contribution >= 4 is 7.60 Å². The molecular formula is C21H29O6P. The summed E-state index contributed by atoms with van der Waals surface area (Å²) in [5, 5.41) is 0. The van der Waals surface area contributed by atoms with E-state index in [-0.39, 0.29) is 6.79 Å². The molecule has 0 atom stereocenters. The molecule has 0 radical (unpaired) electrons. The maximum atomic E-state index is 11.0. The van der Waals surface area contributed by atoms with Crippen LogP contribution in [0.15, 0.2) is 30.3 Å². The minimum Gasteiger partial charge on any atom is -0.481 e. The first-order valence-electron chi connectivity index (χ1n) is 9.12. The van der Waals surface area contributed by atoms with Crippen LogP contribution in [0.2, 0.25) is 0 Å². The Morgan fingerprint density at radius 2 is 1.68 bits per heavy atom. The van der Waals surface area contributed by atoms with E-state index in [0.717, 1.165) is 28.9 Å².